The molecular weight excluding hydrogens is 198 g/mol. The maximum absolute atomic E-state index is 10.6. The zero-order chi connectivity index (χ0) is 11.5. The van der Waals surface area contributed by atoms with Crippen LogP contribution in [0.25, 0.3) is 16.3 Å². The lowest BCUT2D eigenvalue weighted by Gasteiger charge is -2.05. The molecule has 0 heterocycles. The summed E-state index contributed by atoms with van der Waals surface area (Å²) in [5, 5.41) is 2.15. The van der Waals surface area contributed by atoms with Crippen molar-refractivity contribution < 1.29 is 4.79 Å². The van der Waals surface area contributed by atoms with Gasteiger partial charge in [-0.3, -0.25) is 4.79 Å². The molecule has 0 aliphatic heterocycles. The lowest BCUT2D eigenvalue weighted by molar-refractivity contribution is 0.112. The van der Waals surface area contributed by atoms with Gasteiger partial charge in [-0.1, -0.05) is 30.8 Å². The fourth-order valence-electron chi connectivity index (χ4n) is 1.68. The van der Waals surface area contributed by atoms with E-state index >= 15 is 0 Å². The molecule has 80 valence electrons. The minimum Gasteiger partial charge on any atom is -0.326 e. The van der Waals surface area contributed by atoms with Crippen molar-refractivity contribution in [1.82, 2.24) is 0 Å². The maximum atomic E-state index is 10.6. The zero-order valence-corrected chi connectivity index (χ0v) is 8.94. The number of benzene rings is 2. The van der Waals surface area contributed by atoms with Crippen LogP contribution in [0.3, 0.4) is 0 Å². The van der Waals surface area contributed by atoms with E-state index in [0.717, 1.165) is 28.2 Å². The quantitative estimate of drug-likeness (QED) is 0.793. The van der Waals surface area contributed by atoms with Crippen LogP contribution < -0.4 is 5.73 Å². The van der Waals surface area contributed by atoms with E-state index < -0.39 is 0 Å². The van der Waals surface area contributed by atoms with E-state index in [4.69, 9.17) is 5.73 Å². The van der Waals surface area contributed by atoms with Gasteiger partial charge in [0.1, 0.15) is 6.29 Å². The van der Waals surface area contributed by atoms with E-state index in [-0.39, 0.29) is 0 Å². The lowest BCUT2D eigenvalue weighted by Crippen LogP contribution is -2.00. The first-order valence-electron chi connectivity index (χ1n) is 5.12. The molecule has 0 aliphatic rings. The highest BCUT2D eigenvalue weighted by Crippen LogP contribution is 2.20. The number of fused-ring (bicyclic) bond motifs is 1. The van der Waals surface area contributed by atoms with Gasteiger partial charge in [-0.15, -0.1) is 0 Å². The van der Waals surface area contributed by atoms with Gasteiger partial charge in [-0.05, 0) is 34.0 Å². The third kappa shape index (κ3) is 1.88. The van der Waals surface area contributed by atoms with Gasteiger partial charge in [0.05, 0.1) is 0 Å². The first-order valence-corrected chi connectivity index (χ1v) is 5.12. The molecule has 0 spiro atoms. The predicted octanol–water partition coefficient (Wildman–Crippen LogP) is 2.62. The van der Waals surface area contributed by atoms with E-state index in [1.807, 2.05) is 36.4 Å². The second-order valence-corrected chi connectivity index (χ2v) is 3.75. The van der Waals surface area contributed by atoms with E-state index in [1.54, 1.807) is 0 Å². The fourth-order valence-corrected chi connectivity index (χ4v) is 1.68. The van der Waals surface area contributed by atoms with Crippen LogP contribution in [0, 0.1) is 0 Å². The summed E-state index contributed by atoms with van der Waals surface area (Å²) >= 11 is 0. The summed E-state index contributed by atoms with van der Waals surface area (Å²) in [4.78, 5) is 10.6. The van der Waals surface area contributed by atoms with Crippen LogP contribution in [-0.2, 0) is 0 Å². The van der Waals surface area contributed by atoms with E-state index in [2.05, 4.69) is 6.58 Å². The molecule has 2 aromatic rings. The van der Waals surface area contributed by atoms with Gasteiger partial charge >= 0.3 is 0 Å². The molecule has 0 unspecified atom stereocenters. The number of carbonyl (C=O) groups excluding carboxylic acids is 1. The molecule has 0 aliphatic carbocycles. The molecule has 2 nitrogen and oxygen atoms in total. The van der Waals surface area contributed by atoms with Gasteiger partial charge in [0, 0.05) is 12.1 Å². The Morgan fingerprint density at radius 3 is 2.56 bits per heavy atom. The molecule has 0 fully saturated rings. The average Bonchev–Trinajstić information content (AvgIpc) is 2.36. The van der Waals surface area contributed by atoms with Crippen LogP contribution in [0.1, 0.15) is 15.9 Å². The molecule has 0 aromatic heterocycles. The molecule has 0 amide bonds. The molecule has 16 heavy (non-hydrogen) atoms. The molecule has 0 saturated carbocycles. The highest BCUT2D eigenvalue weighted by molar-refractivity contribution is 5.90. The summed E-state index contributed by atoms with van der Waals surface area (Å²) in [7, 11) is 0. The van der Waals surface area contributed by atoms with Gasteiger partial charge in [-0.25, -0.2) is 0 Å². The monoisotopic (exact) mass is 211 g/mol. The second kappa shape index (κ2) is 4.29. The molecule has 0 bridgehead atoms. The standard InChI is InChI=1S/C14H13NO/c1-10(8-15)12-4-5-13-6-11(9-16)2-3-14(13)7-12/h2-7,9H,1,8,15H2. The minimum atomic E-state index is 0.456. The third-order valence-electron chi connectivity index (χ3n) is 2.66. The van der Waals surface area contributed by atoms with E-state index in [0.29, 0.717) is 12.1 Å². The molecule has 2 aromatic carbocycles. The number of carbonyl (C=O) groups is 1. The van der Waals surface area contributed by atoms with Crippen LogP contribution in [0.5, 0.6) is 0 Å². The van der Waals surface area contributed by atoms with Crippen molar-refractivity contribution in [3.05, 3.63) is 54.1 Å². The smallest absolute Gasteiger partial charge is 0.150 e. The summed E-state index contributed by atoms with van der Waals surface area (Å²) < 4.78 is 0. The van der Waals surface area contributed by atoms with Gasteiger partial charge in [0.2, 0.25) is 0 Å². The summed E-state index contributed by atoms with van der Waals surface area (Å²) in [6, 6.07) is 11.6. The normalized spacial score (nSPS) is 10.3. The summed E-state index contributed by atoms with van der Waals surface area (Å²) in [5.74, 6) is 0. The Kier molecular flexibility index (Phi) is 2.84. The van der Waals surface area contributed by atoms with Gasteiger partial charge in [0.15, 0.2) is 0 Å². The Balaban J connectivity index is 2.55. The first-order chi connectivity index (χ1) is 7.74. The maximum Gasteiger partial charge on any atom is 0.150 e. The Bertz CT molecular complexity index is 558. The molecule has 0 saturated heterocycles. The van der Waals surface area contributed by atoms with Crippen molar-refractivity contribution in [3.63, 3.8) is 0 Å². The highest BCUT2D eigenvalue weighted by atomic mass is 16.1. The number of hydrogen-bond donors (Lipinski definition) is 1. The Morgan fingerprint density at radius 1 is 1.19 bits per heavy atom. The molecule has 2 heteroatoms. The van der Waals surface area contributed by atoms with Crippen LogP contribution >= 0.6 is 0 Å². The fraction of sp³-hybridized carbons (Fsp3) is 0.0714. The van der Waals surface area contributed by atoms with Crippen molar-refractivity contribution in [1.29, 1.82) is 0 Å². The highest BCUT2D eigenvalue weighted by Gasteiger charge is 2.00. The largest absolute Gasteiger partial charge is 0.326 e. The van der Waals surface area contributed by atoms with Gasteiger partial charge in [-0.2, -0.15) is 0 Å². The van der Waals surface area contributed by atoms with Crippen LogP contribution in [0.15, 0.2) is 43.0 Å². The lowest BCUT2D eigenvalue weighted by atomic mass is 10.0. The third-order valence-corrected chi connectivity index (χ3v) is 2.66. The Hall–Kier alpha value is -1.93. The second-order valence-electron chi connectivity index (χ2n) is 3.75. The minimum absolute atomic E-state index is 0.456. The number of rotatable bonds is 3. The van der Waals surface area contributed by atoms with Gasteiger partial charge < -0.3 is 5.73 Å². The summed E-state index contributed by atoms with van der Waals surface area (Å²) in [5.41, 5.74) is 8.21. The predicted molar refractivity (Wildman–Crippen MR) is 67.4 cm³/mol. The van der Waals surface area contributed by atoms with E-state index in [1.165, 1.54) is 0 Å². The van der Waals surface area contributed by atoms with Crippen LogP contribution in [-0.4, -0.2) is 12.8 Å². The van der Waals surface area contributed by atoms with E-state index in [9.17, 15) is 4.79 Å². The van der Waals surface area contributed by atoms with Crippen molar-refractivity contribution >= 4 is 22.6 Å². The molecule has 2 rings (SSSR count). The van der Waals surface area contributed by atoms with Crippen LogP contribution in [0.4, 0.5) is 0 Å². The molecule has 2 N–H and O–H groups in total. The van der Waals surface area contributed by atoms with Crippen LogP contribution in [0.2, 0.25) is 0 Å². The number of hydrogen-bond acceptors (Lipinski definition) is 2. The average molecular weight is 211 g/mol. The number of aldehydes is 1. The van der Waals surface area contributed by atoms with Crippen molar-refractivity contribution in [3.8, 4) is 0 Å². The zero-order valence-electron chi connectivity index (χ0n) is 8.94. The van der Waals surface area contributed by atoms with Crippen molar-refractivity contribution in [2.24, 2.45) is 5.73 Å². The summed E-state index contributed by atoms with van der Waals surface area (Å²) in [6.45, 7) is 4.36. The summed E-state index contributed by atoms with van der Waals surface area (Å²) in [6.07, 6.45) is 0.853. The molecule has 0 radical (unpaired) electrons. The number of nitrogens with two attached hydrogens (primary N) is 1. The van der Waals surface area contributed by atoms with Crippen molar-refractivity contribution in [2.45, 2.75) is 0 Å². The SMILES string of the molecule is C=C(CN)c1ccc2cc(C=O)ccc2c1. The van der Waals surface area contributed by atoms with Crippen molar-refractivity contribution in [2.75, 3.05) is 6.54 Å². The first kappa shape index (κ1) is 10.6. The molecular formula is C14H13NO. The Morgan fingerprint density at radius 2 is 1.88 bits per heavy atom. The Labute approximate surface area is 94.4 Å². The topological polar surface area (TPSA) is 43.1 Å². The molecule has 0 atom stereocenters. The van der Waals surface area contributed by atoms with Gasteiger partial charge in [0.25, 0.3) is 0 Å².